The van der Waals surface area contributed by atoms with Crippen molar-refractivity contribution in [2.45, 2.75) is 71.1 Å². The smallest absolute Gasteiger partial charge is 0.343 e. The van der Waals surface area contributed by atoms with Gasteiger partial charge in [0.15, 0.2) is 0 Å². The van der Waals surface area contributed by atoms with Crippen molar-refractivity contribution in [1.82, 2.24) is 0 Å². The second-order valence-electron chi connectivity index (χ2n) is 3.68. The molecule has 0 aliphatic rings. The minimum absolute atomic E-state index is 0. The maximum Gasteiger partial charge on any atom is 3.00 e. The van der Waals surface area contributed by atoms with Crippen LogP contribution in [0.4, 0.5) is 0 Å². The molecule has 0 aliphatic carbocycles. The predicted molar refractivity (Wildman–Crippen MR) is 57.2 cm³/mol. The molecule has 0 spiro atoms. The van der Waals surface area contributed by atoms with Crippen LogP contribution in [0.15, 0.2) is 0 Å². The van der Waals surface area contributed by atoms with Gasteiger partial charge in [-0.2, -0.15) is 6.42 Å². The van der Waals surface area contributed by atoms with Crippen LogP contribution in [-0.4, -0.2) is 0 Å². The van der Waals surface area contributed by atoms with Crippen molar-refractivity contribution in [2.24, 2.45) is 0 Å². The minimum Gasteiger partial charge on any atom is -0.343 e. The summed E-state index contributed by atoms with van der Waals surface area (Å²) >= 11 is 0. The first-order valence-electron chi connectivity index (χ1n) is 5.71. The first-order chi connectivity index (χ1) is 5.91. The maximum absolute atomic E-state index is 3.84. The van der Waals surface area contributed by atoms with Crippen LogP contribution in [-0.2, 0) is 32.7 Å². The Morgan fingerprint density at radius 3 is 1.46 bits per heavy atom. The molecule has 0 aliphatic heterocycles. The van der Waals surface area contributed by atoms with Crippen LogP contribution in [0, 0.1) is 6.92 Å². The molecular weight excluding hydrogens is 233 g/mol. The van der Waals surface area contributed by atoms with E-state index in [2.05, 4.69) is 13.8 Å². The number of hydrogen-bond acceptors (Lipinski definition) is 0. The Labute approximate surface area is 110 Å². The fraction of sp³-hybridized carbons (Fsp3) is 0.917. The van der Waals surface area contributed by atoms with Gasteiger partial charge in [-0.15, -0.1) is 0 Å². The Hall–Kier alpha value is 1.10. The van der Waals surface area contributed by atoms with Crippen molar-refractivity contribution in [3.8, 4) is 0 Å². The van der Waals surface area contributed by atoms with Gasteiger partial charge in [-0.1, -0.05) is 64.7 Å². The third kappa shape index (κ3) is 15.8. The molecule has 0 aromatic heterocycles. The summed E-state index contributed by atoms with van der Waals surface area (Å²) in [6, 6.07) is 0. The molecule has 0 radical (unpaired) electrons. The van der Waals surface area contributed by atoms with Crippen molar-refractivity contribution in [2.75, 3.05) is 0 Å². The Balaban J connectivity index is 0. The van der Waals surface area contributed by atoms with E-state index in [4.69, 9.17) is 0 Å². The van der Waals surface area contributed by atoms with Gasteiger partial charge >= 0.3 is 32.7 Å². The molecule has 0 bridgehead atoms. The molecule has 0 heterocycles. The molecular formula is C12H25Y+2. The van der Waals surface area contributed by atoms with E-state index in [1.807, 2.05) is 0 Å². The van der Waals surface area contributed by atoms with Crippen LogP contribution in [0.5, 0.6) is 0 Å². The van der Waals surface area contributed by atoms with Crippen LogP contribution in [0.3, 0.4) is 0 Å². The van der Waals surface area contributed by atoms with Gasteiger partial charge in [0, 0.05) is 0 Å². The molecule has 1 heteroatoms. The second-order valence-corrected chi connectivity index (χ2v) is 3.68. The number of unbranched alkanes of at least 4 members (excludes halogenated alkanes) is 9. The van der Waals surface area contributed by atoms with Crippen molar-refractivity contribution in [3.05, 3.63) is 6.92 Å². The van der Waals surface area contributed by atoms with Gasteiger partial charge in [-0.3, -0.25) is 0 Å². The minimum atomic E-state index is 0. The Morgan fingerprint density at radius 2 is 1.08 bits per heavy atom. The molecule has 0 rings (SSSR count). The van der Waals surface area contributed by atoms with Gasteiger partial charge in [-0.05, 0) is 0 Å². The number of hydrogen-bond donors (Lipinski definition) is 0. The maximum atomic E-state index is 3.84. The first kappa shape index (κ1) is 16.5. The summed E-state index contributed by atoms with van der Waals surface area (Å²) in [6.45, 7) is 6.12. The normalized spacial score (nSPS) is 9.69. The Bertz CT molecular complexity index is 61.5. The molecule has 13 heavy (non-hydrogen) atoms. The predicted octanol–water partition coefficient (Wildman–Crippen LogP) is 4.74. The third-order valence-electron chi connectivity index (χ3n) is 2.35. The van der Waals surface area contributed by atoms with Crippen molar-refractivity contribution < 1.29 is 32.7 Å². The topological polar surface area (TPSA) is 0 Å². The van der Waals surface area contributed by atoms with E-state index in [9.17, 15) is 0 Å². The molecule has 0 atom stereocenters. The summed E-state index contributed by atoms with van der Waals surface area (Å²) in [7, 11) is 0. The van der Waals surface area contributed by atoms with E-state index in [1.54, 1.807) is 0 Å². The van der Waals surface area contributed by atoms with Gasteiger partial charge in [-0.25, -0.2) is 0 Å². The van der Waals surface area contributed by atoms with E-state index in [0.717, 1.165) is 6.42 Å². The van der Waals surface area contributed by atoms with Crippen LogP contribution in [0.25, 0.3) is 0 Å². The van der Waals surface area contributed by atoms with Gasteiger partial charge in [0.2, 0.25) is 0 Å². The SMILES string of the molecule is [CH2-]CCCCCCCCCCC.[Y+3]. The van der Waals surface area contributed by atoms with Crippen molar-refractivity contribution >= 4 is 0 Å². The fourth-order valence-corrected chi connectivity index (χ4v) is 1.49. The Morgan fingerprint density at radius 1 is 0.692 bits per heavy atom. The average Bonchev–Trinajstić information content (AvgIpc) is 2.10. The zero-order valence-electron chi connectivity index (χ0n) is 9.36. The zero-order valence-corrected chi connectivity index (χ0v) is 12.2. The van der Waals surface area contributed by atoms with E-state index < -0.39 is 0 Å². The van der Waals surface area contributed by atoms with Crippen molar-refractivity contribution in [1.29, 1.82) is 0 Å². The van der Waals surface area contributed by atoms with E-state index in [1.165, 1.54) is 57.8 Å². The average molecular weight is 258 g/mol. The van der Waals surface area contributed by atoms with Gasteiger partial charge in [0.25, 0.3) is 0 Å². The summed E-state index contributed by atoms with van der Waals surface area (Å²) in [5.41, 5.74) is 0. The standard InChI is InChI=1S/C12H25.Y/c1-3-5-7-9-11-12-10-8-6-4-2;/h1,3-12H2,2H3;/q-1;+3. The van der Waals surface area contributed by atoms with Crippen LogP contribution in [0.2, 0.25) is 0 Å². The molecule has 0 N–H and O–H groups in total. The van der Waals surface area contributed by atoms with Gasteiger partial charge < -0.3 is 6.92 Å². The summed E-state index contributed by atoms with van der Waals surface area (Å²) in [4.78, 5) is 0. The van der Waals surface area contributed by atoms with Crippen LogP contribution in [0.1, 0.15) is 71.1 Å². The van der Waals surface area contributed by atoms with E-state index in [-0.39, 0.29) is 32.7 Å². The molecule has 0 unspecified atom stereocenters. The summed E-state index contributed by atoms with van der Waals surface area (Å²) in [5.74, 6) is 0. The van der Waals surface area contributed by atoms with Crippen LogP contribution >= 0.6 is 0 Å². The van der Waals surface area contributed by atoms with Crippen LogP contribution < -0.4 is 0 Å². The summed E-state index contributed by atoms with van der Waals surface area (Å²) < 4.78 is 0. The van der Waals surface area contributed by atoms with Gasteiger partial charge in [0.05, 0.1) is 0 Å². The number of rotatable bonds is 9. The monoisotopic (exact) mass is 258 g/mol. The molecule has 0 aromatic carbocycles. The molecule has 74 valence electrons. The van der Waals surface area contributed by atoms with E-state index >= 15 is 0 Å². The quantitative estimate of drug-likeness (QED) is 0.414. The van der Waals surface area contributed by atoms with Gasteiger partial charge in [0.1, 0.15) is 0 Å². The fourth-order valence-electron chi connectivity index (χ4n) is 1.49. The van der Waals surface area contributed by atoms with Crippen molar-refractivity contribution in [3.63, 3.8) is 0 Å². The molecule has 0 aromatic rings. The van der Waals surface area contributed by atoms with E-state index in [0.29, 0.717) is 0 Å². The Kier molecular flexibility index (Phi) is 19.8. The third-order valence-corrected chi connectivity index (χ3v) is 2.35. The zero-order chi connectivity index (χ0) is 9.07. The molecule has 0 fully saturated rings. The summed E-state index contributed by atoms with van der Waals surface area (Å²) in [5, 5.41) is 0. The molecule has 0 nitrogen and oxygen atoms in total. The largest absolute Gasteiger partial charge is 3.00 e. The summed E-state index contributed by atoms with van der Waals surface area (Å²) in [6.07, 6.45) is 13.9. The molecule has 0 saturated carbocycles. The second kappa shape index (κ2) is 15.6. The first-order valence-corrected chi connectivity index (χ1v) is 5.71. The molecule has 0 amide bonds. The molecule has 0 saturated heterocycles.